The lowest BCUT2D eigenvalue weighted by Gasteiger charge is -2.29. The summed E-state index contributed by atoms with van der Waals surface area (Å²) in [6.07, 6.45) is 4.76. The smallest absolute Gasteiger partial charge is 0.230 e. The third-order valence-electron chi connectivity index (χ3n) is 7.44. The van der Waals surface area contributed by atoms with E-state index in [1.807, 2.05) is 22.0 Å². The van der Waals surface area contributed by atoms with Crippen LogP contribution in [-0.2, 0) is 20.9 Å². The van der Waals surface area contributed by atoms with Gasteiger partial charge in [0.05, 0.1) is 24.5 Å². The highest BCUT2D eigenvalue weighted by Crippen LogP contribution is 2.52. The van der Waals surface area contributed by atoms with E-state index < -0.39 is 17.4 Å². The van der Waals surface area contributed by atoms with Crippen molar-refractivity contribution in [1.29, 1.82) is 0 Å². The summed E-state index contributed by atoms with van der Waals surface area (Å²) in [5.41, 5.74) is 2.97. The van der Waals surface area contributed by atoms with Crippen molar-refractivity contribution in [3.8, 4) is 0 Å². The molecule has 4 heterocycles. The van der Waals surface area contributed by atoms with E-state index in [0.29, 0.717) is 13.1 Å². The van der Waals surface area contributed by atoms with Crippen molar-refractivity contribution in [2.45, 2.75) is 38.5 Å². The molecule has 1 aromatic rings. The first-order valence-electron chi connectivity index (χ1n) is 11.1. The average molecular weight is 410 g/mol. The van der Waals surface area contributed by atoms with Crippen LogP contribution in [0.2, 0.25) is 0 Å². The fraction of sp³-hybridized carbons (Fsp3) is 0.583. The van der Waals surface area contributed by atoms with Crippen LogP contribution in [0.25, 0.3) is 0 Å². The predicted molar refractivity (Wildman–Crippen MR) is 114 cm³/mol. The molecule has 0 aromatic heterocycles. The number of benzene rings is 1. The van der Waals surface area contributed by atoms with E-state index in [-0.39, 0.29) is 17.9 Å². The Kier molecular flexibility index (Phi) is 4.75. The van der Waals surface area contributed by atoms with Gasteiger partial charge in [0.25, 0.3) is 0 Å². The Morgan fingerprint density at radius 2 is 2.00 bits per heavy atom. The summed E-state index contributed by atoms with van der Waals surface area (Å²) < 4.78 is 6.31. The van der Waals surface area contributed by atoms with E-state index in [1.165, 1.54) is 11.1 Å². The summed E-state index contributed by atoms with van der Waals surface area (Å²) >= 11 is 0. The lowest BCUT2D eigenvalue weighted by Crippen LogP contribution is -2.47. The van der Waals surface area contributed by atoms with E-state index in [4.69, 9.17) is 4.74 Å². The molecule has 0 N–H and O–H groups in total. The van der Waals surface area contributed by atoms with Crippen LogP contribution in [0.1, 0.15) is 23.1 Å². The SMILES string of the molecule is Cc1ccc(CN2C[C@]34C=C[C@H](O3)C(C(=O)N3CCCN(C)CC3)C4C2=O)cc1C. The number of aryl methyl sites for hydroxylation is 2. The van der Waals surface area contributed by atoms with Crippen molar-refractivity contribution in [2.75, 3.05) is 39.8 Å². The Labute approximate surface area is 178 Å². The number of fused-ring (bicyclic) bond motifs is 1. The average Bonchev–Trinajstić information content (AvgIpc) is 3.28. The third kappa shape index (κ3) is 3.08. The van der Waals surface area contributed by atoms with Crippen LogP contribution >= 0.6 is 0 Å². The van der Waals surface area contributed by atoms with Crippen molar-refractivity contribution in [2.24, 2.45) is 11.8 Å². The standard InChI is InChI=1S/C24H31N3O3/c1-16-5-6-18(13-17(16)2)14-27-15-24-8-7-19(30-24)20(21(24)23(27)29)22(28)26-10-4-9-25(3)11-12-26/h5-8,13,19-21H,4,9-12,14-15H2,1-3H3/t19-,20?,21?,24-/m0/s1. The van der Waals surface area contributed by atoms with Gasteiger partial charge in [0.2, 0.25) is 11.8 Å². The van der Waals surface area contributed by atoms with Crippen molar-refractivity contribution in [3.05, 3.63) is 47.0 Å². The second kappa shape index (κ2) is 7.20. The van der Waals surface area contributed by atoms with Crippen molar-refractivity contribution < 1.29 is 14.3 Å². The zero-order valence-electron chi connectivity index (χ0n) is 18.1. The number of carbonyl (C=O) groups excluding carboxylic acids is 2. The fourth-order valence-corrected chi connectivity index (χ4v) is 5.59. The molecule has 1 spiro atoms. The Hall–Kier alpha value is -2.18. The van der Waals surface area contributed by atoms with Gasteiger partial charge in [-0.3, -0.25) is 9.59 Å². The number of ether oxygens (including phenoxy) is 1. The summed E-state index contributed by atoms with van der Waals surface area (Å²) in [6.45, 7) is 8.65. The molecule has 5 rings (SSSR count). The number of rotatable bonds is 3. The van der Waals surface area contributed by atoms with Gasteiger partial charge in [0, 0.05) is 26.2 Å². The molecule has 30 heavy (non-hydrogen) atoms. The molecule has 3 saturated heterocycles. The minimum atomic E-state index is -0.634. The molecule has 0 saturated carbocycles. The molecule has 2 amide bonds. The largest absolute Gasteiger partial charge is 0.360 e. The zero-order chi connectivity index (χ0) is 21.0. The number of amides is 2. The number of carbonyl (C=O) groups is 2. The number of likely N-dealkylation sites (N-methyl/N-ethyl adjacent to an activating group) is 1. The number of nitrogens with zero attached hydrogens (tertiary/aromatic N) is 3. The van der Waals surface area contributed by atoms with E-state index in [2.05, 4.69) is 44.0 Å². The minimum absolute atomic E-state index is 0.0605. The summed E-state index contributed by atoms with van der Waals surface area (Å²) in [7, 11) is 2.09. The van der Waals surface area contributed by atoms with E-state index >= 15 is 0 Å². The second-order valence-corrected chi connectivity index (χ2v) is 9.50. The molecule has 4 atom stereocenters. The van der Waals surface area contributed by atoms with Crippen LogP contribution < -0.4 is 0 Å². The van der Waals surface area contributed by atoms with Gasteiger partial charge in [0.15, 0.2) is 0 Å². The molecule has 6 nitrogen and oxygen atoms in total. The first kappa shape index (κ1) is 19.8. The molecule has 2 bridgehead atoms. The summed E-state index contributed by atoms with van der Waals surface area (Å²) in [5.74, 6) is -0.638. The van der Waals surface area contributed by atoms with Crippen LogP contribution in [0.5, 0.6) is 0 Å². The van der Waals surface area contributed by atoms with Crippen LogP contribution in [0.3, 0.4) is 0 Å². The van der Waals surface area contributed by atoms with Gasteiger partial charge in [-0.1, -0.05) is 30.4 Å². The Bertz CT molecular complexity index is 913. The number of hydrogen-bond donors (Lipinski definition) is 0. The molecule has 160 valence electrons. The molecular formula is C24H31N3O3. The van der Waals surface area contributed by atoms with Gasteiger partial charge < -0.3 is 19.4 Å². The topological polar surface area (TPSA) is 53.1 Å². The lowest BCUT2D eigenvalue weighted by atomic mass is 9.76. The molecule has 1 aromatic carbocycles. The zero-order valence-corrected chi connectivity index (χ0v) is 18.1. The Balaban J connectivity index is 1.37. The Morgan fingerprint density at radius 1 is 1.17 bits per heavy atom. The summed E-state index contributed by atoms with van der Waals surface area (Å²) in [4.78, 5) is 33.1. The van der Waals surface area contributed by atoms with Crippen LogP contribution in [0.15, 0.2) is 30.4 Å². The van der Waals surface area contributed by atoms with Crippen LogP contribution in [-0.4, -0.2) is 78.0 Å². The first-order chi connectivity index (χ1) is 14.4. The fourth-order valence-electron chi connectivity index (χ4n) is 5.59. The summed E-state index contributed by atoms with van der Waals surface area (Å²) in [6, 6.07) is 6.35. The highest BCUT2D eigenvalue weighted by atomic mass is 16.5. The molecule has 3 fully saturated rings. The highest BCUT2D eigenvalue weighted by molar-refractivity contribution is 5.93. The van der Waals surface area contributed by atoms with Gasteiger partial charge in [-0.15, -0.1) is 0 Å². The van der Waals surface area contributed by atoms with E-state index in [9.17, 15) is 9.59 Å². The molecule has 2 unspecified atom stereocenters. The molecule has 6 heteroatoms. The van der Waals surface area contributed by atoms with Gasteiger partial charge in [-0.2, -0.15) is 0 Å². The van der Waals surface area contributed by atoms with Crippen LogP contribution in [0.4, 0.5) is 0 Å². The van der Waals surface area contributed by atoms with Gasteiger partial charge >= 0.3 is 0 Å². The second-order valence-electron chi connectivity index (χ2n) is 9.50. The molecular weight excluding hydrogens is 378 g/mol. The first-order valence-corrected chi connectivity index (χ1v) is 11.1. The van der Waals surface area contributed by atoms with Gasteiger partial charge in [-0.05, 0) is 50.6 Å². The molecule has 4 aliphatic heterocycles. The third-order valence-corrected chi connectivity index (χ3v) is 7.44. The van der Waals surface area contributed by atoms with E-state index in [0.717, 1.165) is 38.2 Å². The maximum Gasteiger partial charge on any atom is 0.230 e. The normalized spacial score (nSPS) is 33.3. The van der Waals surface area contributed by atoms with Crippen molar-refractivity contribution in [3.63, 3.8) is 0 Å². The quantitative estimate of drug-likeness (QED) is 0.714. The van der Waals surface area contributed by atoms with E-state index in [1.54, 1.807) is 0 Å². The van der Waals surface area contributed by atoms with Crippen molar-refractivity contribution >= 4 is 11.8 Å². The van der Waals surface area contributed by atoms with Crippen molar-refractivity contribution in [1.82, 2.24) is 14.7 Å². The van der Waals surface area contributed by atoms with Gasteiger partial charge in [-0.25, -0.2) is 0 Å². The maximum absolute atomic E-state index is 13.5. The minimum Gasteiger partial charge on any atom is -0.360 e. The van der Waals surface area contributed by atoms with Crippen LogP contribution in [0, 0.1) is 25.7 Å². The highest BCUT2D eigenvalue weighted by Gasteiger charge is 2.67. The lowest BCUT2D eigenvalue weighted by molar-refractivity contribution is -0.143. The number of hydrogen-bond acceptors (Lipinski definition) is 4. The number of likely N-dealkylation sites (tertiary alicyclic amines) is 1. The molecule has 0 aliphatic carbocycles. The molecule has 0 radical (unpaired) electrons. The molecule has 4 aliphatic rings. The maximum atomic E-state index is 13.5. The van der Waals surface area contributed by atoms with Gasteiger partial charge in [0.1, 0.15) is 5.60 Å². The summed E-state index contributed by atoms with van der Waals surface area (Å²) in [5, 5.41) is 0. The Morgan fingerprint density at radius 3 is 2.80 bits per heavy atom. The predicted octanol–water partition coefficient (Wildman–Crippen LogP) is 1.75. The monoisotopic (exact) mass is 409 g/mol.